The third kappa shape index (κ3) is 4.15. The smallest absolute Gasteiger partial charge is 0.171 e. The highest BCUT2D eigenvalue weighted by Crippen LogP contribution is 2.30. The first-order valence-corrected chi connectivity index (χ1v) is 11.4. The summed E-state index contributed by atoms with van der Waals surface area (Å²) in [7, 11) is 1.37. The molecule has 2 aliphatic rings. The second-order valence-corrected chi connectivity index (χ2v) is 8.57. The van der Waals surface area contributed by atoms with Crippen LogP contribution in [-0.4, -0.2) is 52.1 Å². The van der Waals surface area contributed by atoms with E-state index < -0.39 is 11.6 Å². The van der Waals surface area contributed by atoms with Crippen molar-refractivity contribution in [2.24, 2.45) is 4.99 Å². The molecule has 2 aromatic heterocycles. The summed E-state index contributed by atoms with van der Waals surface area (Å²) in [5, 5.41) is 4.62. The highest BCUT2D eigenvalue weighted by Gasteiger charge is 2.24. The van der Waals surface area contributed by atoms with E-state index in [1.165, 1.54) is 19.2 Å². The van der Waals surface area contributed by atoms with Gasteiger partial charge in [-0.15, -0.1) is 0 Å². The molecule has 33 heavy (non-hydrogen) atoms. The highest BCUT2D eigenvalue weighted by atomic mass is 19.1. The number of likely N-dealkylation sites (tertiary alicyclic amines) is 1. The van der Waals surface area contributed by atoms with E-state index in [0.717, 1.165) is 54.9 Å². The fourth-order valence-electron chi connectivity index (χ4n) is 4.68. The summed E-state index contributed by atoms with van der Waals surface area (Å²) in [5.41, 5.74) is 4.14. The number of aliphatic imine (C=N–C) groups is 1. The predicted octanol–water partition coefficient (Wildman–Crippen LogP) is 4.43. The fourth-order valence-corrected chi connectivity index (χ4v) is 4.68. The standard InChI is InChI=1S/C25H27F2N5O/c1-3-31-8-6-18(7-9-31)32-15-17(13-30-32)16-10-20-22(29-14-23(20)28-12-16)11-19-21(26)4-5-24(33-2)25(19)27/h4-5,10,12-13,15,18H,3,6-9,11,14H2,1-2H3. The van der Waals surface area contributed by atoms with E-state index in [1.54, 1.807) is 0 Å². The summed E-state index contributed by atoms with van der Waals surface area (Å²) < 4.78 is 36.1. The number of nitrogens with zero attached hydrogens (tertiary/aromatic N) is 5. The summed E-state index contributed by atoms with van der Waals surface area (Å²) in [6.45, 7) is 5.88. The third-order valence-corrected chi connectivity index (χ3v) is 6.73. The first-order valence-electron chi connectivity index (χ1n) is 11.4. The lowest BCUT2D eigenvalue weighted by Crippen LogP contribution is -2.34. The van der Waals surface area contributed by atoms with Crippen molar-refractivity contribution in [1.29, 1.82) is 0 Å². The summed E-state index contributed by atoms with van der Waals surface area (Å²) >= 11 is 0. The average Bonchev–Trinajstić information content (AvgIpc) is 3.49. The number of halogens is 2. The first kappa shape index (κ1) is 21.7. The SMILES string of the molecule is CCN1CCC(n2cc(-c3cnc4c(c3)C(Cc3c(F)ccc(OC)c3F)=NC4)cn2)CC1. The van der Waals surface area contributed by atoms with Crippen molar-refractivity contribution in [2.45, 2.75) is 38.8 Å². The minimum Gasteiger partial charge on any atom is -0.494 e. The van der Waals surface area contributed by atoms with E-state index in [2.05, 4.69) is 37.8 Å². The van der Waals surface area contributed by atoms with Gasteiger partial charge in [0.1, 0.15) is 5.82 Å². The third-order valence-electron chi connectivity index (χ3n) is 6.73. The lowest BCUT2D eigenvalue weighted by Gasteiger charge is -2.31. The van der Waals surface area contributed by atoms with Gasteiger partial charge in [0.15, 0.2) is 11.6 Å². The van der Waals surface area contributed by atoms with E-state index in [1.807, 2.05) is 18.5 Å². The Morgan fingerprint density at radius 3 is 2.70 bits per heavy atom. The van der Waals surface area contributed by atoms with E-state index in [4.69, 9.17) is 4.74 Å². The lowest BCUT2D eigenvalue weighted by molar-refractivity contribution is 0.187. The van der Waals surface area contributed by atoms with Crippen molar-refractivity contribution >= 4 is 5.71 Å². The zero-order valence-electron chi connectivity index (χ0n) is 18.9. The molecule has 172 valence electrons. The van der Waals surface area contributed by atoms with Gasteiger partial charge in [-0.2, -0.15) is 5.10 Å². The molecule has 5 rings (SSSR count). The van der Waals surface area contributed by atoms with Gasteiger partial charge in [0.05, 0.1) is 31.6 Å². The second kappa shape index (κ2) is 9.02. The quantitative estimate of drug-likeness (QED) is 0.556. The number of fused-ring (bicyclic) bond motifs is 1. The number of benzene rings is 1. The molecule has 8 heteroatoms. The highest BCUT2D eigenvalue weighted by molar-refractivity contribution is 6.05. The fraction of sp³-hybridized carbons (Fsp3) is 0.400. The van der Waals surface area contributed by atoms with E-state index in [9.17, 15) is 8.78 Å². The molecule has 1 saturated heterocycles. The number of piperidine rings is 1. The van der Waals surface area contributed by atoms with Gasteiger partial charge in [-0.05, 0) is 37.6 Å². The molecule has 1 fully saturated rings. The molecule has 3 aromatic rings. The van der Waals surface area contributed by atoms with Gasteiger partial charge in [-0.25, -0.2) is 8.78 Å². The van der Waals surface area contributed by atoms with Crippen molar-refractivity contribution < 1.29 is 13.5 Å². The van der Waals surface area contributed by atoms with Crippen LogP contribution in [0.4, 0.5) is 8.78 Å². The zero-order valence-corrected chi connectivity index (χ0v) is 18.9. The summed E-state index contributed by atoms with van der Waals surface area (Å²) in [6.07, 6.45) is 7.98. The Balaban J connectivity index is 1.38. The Hall–Kier alpha value is -3.13. The molecule has 6 nitrogen and oxygen atoms in total. The Bertz CT molecular complexity index is 1200. The number of pyridine rings is 1. The maximum Gasteiger partial charge on any atom is 0.171 e. The summed E-state index contributed by atoms with van der Waals surface area (Å²) in [4.78, 5) is 11.6. The maximum absolute atomic E-state index is 14.7. The maximum atomic E-state index is 14.7. The number of aromatic nitrogens is 3. The molecule has 0 radical (unpaired) electrons. The van der Waals surface area contributed by atoms with Crippen LogP contribution in [0.15, 0.2) is 41.8 Å². The van der Waals surface area contributed by atoms with Crippen LogP contribution >= 0.6 is 0 Å². The molecule has 0 spiro atoms. The van der Waals surface area contributed by atoms with Crippen molar-refractivity contribution in [1.82, 2.24) is 19.7 Å². The van der Waals surface area contributed by atoms with Crippen molar-refractivity contribution in [3.05, 3.63) is 65.2 Å². The van der Waals surface area contributed by atoms with Gasteiger partial charge >= 0.3 is 0 Å². The Kier molecular flexibility index (Phi) is 5.93. The van der Waals surface area contributed by atoms with Crippen molar-refractivity contribution in [3.8, 4) is 16.9 Å². The van der Waals surface area contributed by atoms with Crippen LogP contribution in [0.2, 0.25) is 0 Å². The number of methoxy groups -OCH3 is 1. The van der Waals surface area contributed by atoms with Gasteiger partial charge in [-0.3, -0.25) is 14.7 Å². The Labute approximate surface area is 191 Å². The Morgan fingerprint density at radius 2 is 1.94 bits per heavy atom. The van der Waals surface area contributed by atoms with Crippen LogP contribution < -0.4 is 4.74 Å². The molecule has 0 saturated carbocycles. The van der Waals surface area contributed by atoms with Gasteiger partial charge in [0.25, 0.3) is 0 Å². The number of hydrogen-bond acceptors (Lipinski definition) is 5. The first-order chi connectivity index (χ1) is 16.1. The zero-order chi connectivity index (χ0) is 22.9. The second-order valence-electron chi connectivity index (χ2n) is 8.57. The molecule has 0 aliphatic carbocycles. The molecule has 0 unspecified atom stereocenters. The van der Waals surface area contributed by atoms with Crippen LogP contribution in [-0.2, 0) is 13.0 Å². The van der Waals surface area contributed by atoms with Crippen LogP contribution in [0.5, 0.6) is 5.75 Å². The largest absolute Gasteiger partial charge is 0.494 e. The lowest BCUT2D eigenvalue weighted by atomic mass is 9.99. The Morgan fingerprint density at radius 1 is 1.12 bits per heavy atom. The minimum atomic E-state index is -0.687. The monoisotopic (exact) mass is 451 g/mol. The van der Waals surface area contributed by atoms with Gasteiger partial charge in [0.2, 0.25) is 0 Å². The van der Waals surface area contributed by atoms with Crippen molar-refractivity contribution in [3.63, 3.8) is 0 Å². The van der Waals surface area contributed by atoms with E-state index in [0.29, 0.717) is 18.3 Å². The van der Waals surface area contributed by atoms with Crippen LogP contribution in [0.3, 0.4) is 0 Å². The summed E-state index contributed by atoms with van der Waals surface area (Å²) in [5.74, 6) is -1.27. The van der Waals surface area contributed by atoms with Gasteiger partial charge in [-0.1, -0.05) is 6.92 Å². The van der Waals surface area contributed by atoms with Crippen LogP contribution in [0.1, 0.15) is 42.6 Å². The average molecular weight is 452 g/mol. The van der Waals surface area contributed by atoms with Crippen LogP contribution in [0, 0.1) is 11.6 Å². The van der Waals surface area contributed by atoms with E-state index in [-0.39, 0.29) is 17.7 Å². The van der Waals surface area contributed by atoms with Crippen molar-refractivity contribution in [2.75, 3.05) is 26.7 Å². The molecular weight excluding hydrogens is 424 g/mol. The molecule has 0 N–H and O–H groups in total. The molecule has 0 bridgehead atoms. The van der Waals surface area contributed by atoms with Crippen LogP contribution in [0.25, 0.3) is 11.1 Å². The molecule has 0 atom stereocenters. The normalized spacial score (nSPS) is 16.7. The van der Waals surface area contributed by atoms with Gasteiger partial charge < -0.3 is 9.64 Å². The molecule has 4 heterocycles. The molecule has 0 amide bonds. The summed E-state index contributed by atoms with van der Waals surface area (Å²) in [6, 6.07) is 4.93. The van der Waals surface area contributed by atoms with Gasteiger partial charge in [0, 0.05) is 59.9 Å². The molecule has 2 aliphatic heterocycles. The molecular formula is C25H27F2N5O. The topological polar surface area (TPSA) is 55.5 Å². The van der Waals surface area contributed by atoms with E-state index >= 15 is 0 Å². The number of ether oxygens (including phenoxy) is 1. The number of rotatable bonds is 6. The minimum absolute atomic E-state index is 0.0225. The molecule has 1 aromatic carbocycles. The number of hydrogen-bond donors (Lipinski definition) is 0. The predicted molar refractivity (Wildman–Crippen MR) is 123 cm³/mol.